The lowest BCUT2D eigenvalue weighted by Crippen LogP contribution is -2.34. The largest absolute Gasteiger partial charge is 0.397 e. The number of pyridine rings is 1. The second-order valence-electron chi connectivity index (χ2n) is 11.8. The number of aromatic nitrogens is 1. The van der Waals surface area contributed by atoms with Crippen molar-refractivity contribution in [2.75, 3.05) is 42.1 Å². The molecule has 0 radical (unpaired) electrons. The fourth-order valence-corrected chi connectivity index (χ4v) is 6.28. The molecule has 0 saturated carbocycles. The first-order chi connectivity index (χ1) is 20.4. The van der Waals surface area contributed by atoms with Gasteiger partial charge in [0.05, 0.1) is 16.9 Å². The molecule has 2 fully saturated rings. The van der Waals surface area contributed by atoms with Crippen LogP contribution in [0.2, 0.25) is 0 Å². The van der Waals surface area contributed by atoms with E-state index in [1.54, 1.807) is 6.20 Å². The zero-order valence-corrected chi connectivity index (χ0v) is 24.0. The van der Waals surface area contributed by atoms with E-state index in [0.717, 1.165) is 56.0 Å². The van der Waals surface area contributed by atoms with Gasteiger partial charge >= 0.3 is 0 Å². The number of nitrogens with zero attached hydrogens (tertiary/aromatic N) is 3. The molecular weight excluding hydrogens is 522 g/mol. The van der Waals surface area contributed by atoms with E-state index in [1.807, 2.05) is 78.9 Å². The van der Waals surface area contributed by atoms with Crippen LogP contribution in [0.4, 0.5) is 17.2 Å². The van der Waals surface area contributed by atoms with Crippen molar-refractivity contribution in [3.05, 3.63) is 108 Å². The molecule has 1 unspecified atom stereocenters. The van der Waals surface area contributed by atoms with Crippen molar-refractivity contribution in [1.82, 2.24) is 9.88 Å². The van der Waals surface area contributed by atoms with Crippen LogP contribution in [0.1, 0.15) is 48.0 Å². The first kappa shape index (κ1) is 27.5. The summed E-state index contributed by atoms with van der Waals surface area (Å²) in [4.78, 5) is 35.2. The SMILES string of the molecule is C[C@@H](CC(=O)N1CCC2(CCN(c3ccc(C(=O)Nc4cc(-c5ccccc5)ccc4N)cn3)C2)C1)c1ccccc1. The zero-order valence-electron chi connectivity index (χ0n) is 24.0. The molecule has 2 aliphatic heterocycles. The molecule has 2 amide bonds. The van der Waals surface area contributed by atoms with Crippen LogP contribution in [-0.2, 0) is 4.79 Å². The lowest BCUT2D eigenvalue weighted by Gasteiger charge is -2.25. The minimum absolute atomic E-state index is 0.102. The van der Waals surface area contributed by atoms with Gasteiger partial charge in [-0.25, -0.2) is 4.98 Å². The molecule has 0 bridgehead atoms. The molecule has 42 heavy (non-hydrogen) atoms. The van der Waals surface area contributed by atoms with Gasteiger partial charge in [0, 0.05) is 44.2 Å². The summed E-state index contributed by atoms with van der Waals surface area (Å²) in [7, 11) is 0. The second-order valence-corrected chi connectivity index (χ2v) is 11.8. The zero-order chi connectivity index (χ0) is 29.1. The quantitative estimate of drug-likeness (QED) is 0.263. The summed E-state index contributed by atoms with van der Waals surface area (Å²) in [6.45, 7) is 5.50. The van der Waals surface area contributed by atoms with Crippen LogP contribution in [-0.4, -0.2) is 47.9 Å². The minimum atomic E-state index is -0.251. The highest BCUT2D eigenvalue weighted by atomic mass is 16.2. The van der Waals surface area contributed by atoms with Gasteiger partial charge in [-0.05, 0) is 59.7 Å². The van der Waals surface area contributed by atoms with Crippen molar-refractivity contribution in [2.45, 2.75) is 32.1 Å². The van der Waals surface area contributed by atoms with Crippen LogP contribution in [0.25, 0.3) is 11.1 Å². The maximum absolute atomic E-state index is 13.1. The van der Waals surface area contributed by atoms with Gasteiger partial charge in [-0.1, -0.05) is 73.7 Å². The third kappa shape index (κ3) is 5.86. The van der Waals surface area contributed by atoms with Gasteiger partial charge < -0.3 is 20.9 Å². The molecule has 6 rings (SSSR count). The number of carbonyl (C=O) groups excluding carboxylic acids is 2. The number of nitrogen functional groups attached to an aromatic ring is 1. The number of nitrogens with one attached hydrogen (secondary N) is 1. The van der Waals surface area contributed by atoms with E-state index in [2.05, 4.69) is 39.2 Å². The Bertz CT molecular complexity index is 1560. The van der Waals surface area contributed by atoms with E-state index in [9.17, 15) is 9.59 Å². The predicted octanol–water partition coefficient (Wildman–Crippen LogP) is 6.21. The number of nitrogens with two attached hydrogens (primary N) is 1. The lowest BCUT2D eigenvalue weighted by atomic mass is 9.86. The average Bonchev–Trinajstić information content (AvgIpc) is 3.65. The summed E-state index contributed by atoms with van der Waals surface area (Å²) in [5, 5.41) is 2.95. The molecule has 2 aliphatic rings. The van der Waals surface area contributed by atoms with Crippen molar-refractivity contribution in [2.24, 2.45) is 5.41 Å². The highest BCUT2D eigenvalue weighted by Crippen LogP contribution is 2.41. The third-order valence-corrected chi connectivity index (χ3v) is 8.82. The van der Waals surface area contributed by atoms with Gasteiger partial charge in [0.25, 0.3) is 5.91 Å². The number of amides is 2. The van der Waals surface area contributed by atoms with Gasteiger partial charge in [-0.3, -0.25) is 9.59 Å². The van der Waals surface area contributed by atoms with Crippen molar-refractivity contribution in [3.63, 3.8) is 0 Å². The number of carbonyl (C=O) groups is 2. The summed E-state index contributed by atoms with van der Waals surface area (Å²) >= 11 is 0. The number of benzene rings is 3. The minimum Gasteiger partial charge on any atom is -0.397 e. The van der Waals surface area contributed by atoms with Crippen LogP contribution >= 0.6 is 0 Å². The molecule has 7 heteroatoms. The monoisotopic (exact) mass is 559 g/mol. The molecule has 2 atom stereocenters. The fourth-order valence-electron chi connectivity index (χ4n) is 6.28. The van der Waals surface area contributed by atoms with E-state index in [4.69, 9.17) is 5.73 Å². The lowest BCUT2D eigenvalue weighted by molar-refractivity contribution is -0.130. The Labute approximate surface area is 247 Å². The molecule has 4 aromatic rings. The molecule has 1 spiro atoms. The maximum atomic E-state index is 13.1. The third-order valence-electron chi connectivity index (χ3n) is 8.82. The Morgan fingerprint density at radius 3 is 2.38 bits per heavy atom. The second kappa shape index (κ2) is 11.7. The smallest absolute Gasteiger partial charge is 0.257 e. The molecule has 0 aliphatic carbocycles. The van der Waals surface area contributed by atoms with E-state index >= 15 is 0 Å². The highest BCUT2D eigenvalue weighted by molar-refractivity contribution is 6.06. The standard InChI is InChI=1S/C35H37N5O2/c1-25(26-8-4-2-5-9-26)20-33(41)40-19-17-35(24-40)16-18-39(23-35)32-15-13-29(22-37-32)34(42)38-31-21-28(12-14-30(31)36)27-10-6-3-7-11-27/h2-15,21-22,25H,16-20,23-24,36H2,1H3,(H,38,42)/t25-,35?/m0/s1. The van der Waals surface area contributed by atoms with Gasteiger partial charge in [0.2, 0.25) is 5.91 Å². The topological polar surface area (TPSA) is 91.6 Å². The highest BCUT2D eigenvalue weighted by Gasteiger charge is 2.45. The van der Waals surface area contributed by atoms with Gasteiger partial charge in [0.1, 0.15) is 5.82 Å². The van der Waals surface area contributed by atoms with Crippen LogP contribution in [0.15, 0.2) is 97.2 Å². The van der Waals surface area contributed by atoms with Crippen molar-refractivity contribution in [3.8, 4) is 11.1 Å². The van der Waals surface area contributed by atoms with Gasteiger partial charge in [-0.15, -0.1) is 0 Å². The fraction of sp³-hybridized carbons (Fsp3) is 0.286. The van der Waals surface area contributed by atoms with Crippen LogP contribution < -0.4 is 16.0 Å². The Kier molecular flexibility index (Phi) is 7.66. The number of hydrogen-bond donors (Lipinski definition) is 2. The van der Waals surface area contributed by atoms with Crippen LogP contribution in [0.3, 0.4) is 0 Å². The number of rotatable bonds is 7. The summed E-state index contributed by atoms with van der Waals surface area (Å²) in [5.74, 6) is 1.06. The molecular formula is C35H37N5O2. The van der Waals surface area contributed by atoms with Gasteiger partial charge in [0.15, 0.2) is 0 Å². The number of anilines is 3. The Morgan fingerprint density at radius 1 is 0.905 bits per heavy atom. The predicted molar refractivity (Wildman–Crippen MR) is 168 cm³/mol. The van der Waals surface area contributed by atoms with Crippen LogP contribution in [0, 0.1) is 5.41 Å². The molecule has 3 aromatic carbocycles. The molecule has 3 N–H and O–H groups in total. The number of hydrogen-bond acceptors (Lipinski definition) is 5. The first-order valence-corrected chi connectivity index (χ1v) is 14.7. The molecule has 214 valence electrons. The van der Waals surface area contributed by atoms with Crippen molar-refractivity contribution >= 4 is 29.0 Å². The maximum Gasteiger partial charge on any atom is 0.257 e. The summed E-state index contributed by atoms with van der Waals surface area (Å²) in [5.41, 5.74) is 11.1. The van der Waals surface area contributed by atoms with Crippen molar-refractivity contribution in [1.29, 1.82) is 0 Å². The van der Waals surface area contributed by atoms with E-state index in [1.165, 1.54) is 5.56 Å². The van der Waals surface area contributed by atoms with E-state index in [0.29, 0.717) is 23.4 Å². The summed E-state index contributed by atoms with van der Waals surface area (Å²) in [6, 6.07) is 29.6. The van der Waals surface area contributed by atoms with E-state index in [-0.39, 0.29) is 23.1 Å². The molecule has 2 saturated heterocycles. The normalized spacial score (nSPS) is 18.8. The first-order valence-electron chi connectivity index (χ1n) is 14.7. The Balaban J connectivity index is 1.05. The molecule has 3 heterocycles. The van der Waals surface area contributed by atoms with Crippen molar-refractivity contribution < 1.29 is 9.59 Å². The Morgan fingerprint density at radius 2 is 1.64 bits per heavy atom. The molecule has 1 aromatic heterocycles. The molecule has 7 nitrogen and oxygen atoms in total. The summed E-state index contributed by atoms with van der Waals surface area (Å²) in [6.07, 6.45) is 4.21. The van der Waals surface area contributed by atoms with E-state index < -0.39 is 0 Å². The Hall–Kier alpha value is -4.65. The van der Waals surface area contributed by atoms with Gasteiger partial charge in [-0.2, -0.15) is 0 Å². The average molecular weight is 560 g/mol. The van der Waals surface area contributed by atoms with Crippen LogP contribution in [0.5, 0.6) is 0 Å². The summed E-state index contributed by atoms with van der Waals surface area (Å²) < 4.78 is 0. The number of likely N-dealkylation sites (tertiary alicyclic amines) is 1.